The van der Waals surface area contributed by atoms with Gasteiger partial charge in [-0.1, -0.05) is 12.1 Å². The van der Waals surface area contributed by atoms with Crippen LogP contribution in [0.3, 0.4) is 0 Å². The summed E-state index contributed by atoms with van der Waals surface area (Å²) < 4.78 is 0. The Morgan fingerprint density at radius 2 is 2.14 bits per heavy atom. The average Bonchev–Trinajstić information content (AvgIpc) is 3.09. The molecule has 4 nitrogen and oxygen atoms in total. The molecule has 0 bridgehead atoms. The first kappa shape index (κ1) is 13.2. The average molecular weight is 307 g/mol. The van der Waals surface area contributed by atoms with Crippen molar-refractivity contribution in [1.29, 1.82) is 0 Å². The number of aromatic nitrogens is 2. The molecule has 0 fully saturated rings. The maximum absolute atomic E-state index is 11.5. The van der Waals surface area contributed by atoms with Gasteiger partial charge in [-0.3, -0.25) is 9.78 Å². The summed E-state index contributed by atoms with van der Waals surface area (Å²) in [6.45, 7) is 2.07. The zero-order valence-corrected chi connectivity index (χ0v) is 12.8. The second-order valence-electron chi connectivity index (χ2n) is 5.24. The van der Waals surface area contributed by atoms with Crippen molar-refractivity contribution in [3.05, 3.63) is 53.0 Å². The highest BCUT2D eigenvalue weighted by molar-refractivity contribution is 7.15. The van der Waals surface area contributed by atoms with Crippen LogP contribution < -0.4 is 5.32 Å². The Kier molecular flexibility index (Phi) is 3.01. The highest BCUT2D eigenvalue weighted by Gasteiger charge is 2.19. The topological polar surface area (TPSA) is 54.9 Å². The quantitative estimate of drug-likeness (QED) is 0.786. The van der Waals surface area contributed by atoms with E-state index in [1.54, 1.807) is 17.5 Å². The van der Waals surface area contributed by atoms with Crippen molar-refractivity contribution in [1.82, 2.24) is 9.97 Å². The molecule has 1 aliphatic rings. The van der Waals surface area contributed by atoms with Gasteiger partial charge in [-0.2, -0.15) is 0 Å². The summed E-state index contributed by atoms with van der Waals surface area (Å²) in [5.74, 6) is 0.0522. The van der Waals surface area contributed by atoms with Crippen LogP contribution >= 0.6 is 11.3 Å². The molecule has 3 aromatic rings. The molecule has 1 N–H and O–H groups in total. The lowest BCUT2D eigenvalue weighted by atomic mass is 10.1. The Hall–Kier alpha value is -2.53. The third-order valence-electron chi connectivity index (χ3n) is 3.68. The third-order valence-corrected chi connectivity index (χ3v) is 4.68. The Morgan fingerprint density at radius 1 is 1.23 bits per heavy atom. The number of aryl methyl sites for hydroxylation is 1. The molecule has 1 aromatic carbocycles. The first-order valence-corrected chi connectivity index (χ1v) is 7.84. The van der Waals surface area contributed by atoms with E-state index in [1.165, 1.54) is 0 Å². The molecule has 0 aliphatic carbocycles. The van der Waals surface area contributed by atoms with E-state index in [0.29, 0.717) is 6.42 Å². The van der Waals surface area contributed by atoms with E-state index in [0.717, 1.165) is 38.1 Å². The number of hydrogen-bond acceptors (Lipinski definition) is 4. The Bertz CT molecular complexity index is 871. The smallest absolute Gasteiger partial charge is 0.228 e. The van der Waals surface area contributed by atoms with Gasteiger partial charge in [-0.15, -0.1) is 11.3 Å². The van der Waals surface area contributed by atoms with E-state index in [-0.39, 0.29) is 5.91 Å². The van der Waals surface area contributed by atoms with Crippen molar-refractivity contribution in [2.75, 3.05) is 5.32 Å². The van der Waals surface area contributed by atoms with Gasteiger partial charge in [0.25, 0.3) is 0 Å². The Balaban J connectivity index is 1.77. The summed E-state index contributed by atoms with van der Waals surface area (Å²) in [7, 11) is 0. The van der Waals surface area contributed by atoms with E-state index in [9.17, 15) is 4.79 Å². The molecule has 0 unspecified atom stereocenters. The van der Waals surface area contributed by atoms with Crippen LogP contribution in [0.5, 0.6) is 0 Å². The van der Waals surface area contributed by atoms with Gasteiger partial charge in [0.15, 0.2) is 0 Å². The van der Waals surface area contributed by atoms with E-state index in [4.69, 9.17) is 4.98 Å². The number of carbonyl (C=O) groups is 1. The van der Waals surface area contributed by atoms with Gasteiger partial charge in [0.1, 0.15) is 5.01 Å². The van der Waals surface area contributed by atoms with E-state index >= 15 is 0 Å². The molecule has 1 aliphatic heterocycles. The SMILES string of the molecule is Cc1sc(-c2ccccn2)nc1-c1ccc2c(c1)CC(=O)N2. The Labute approximate surface area is 131 Å². The number of amides is 1. The fraction of sp³-hybridized carbons (Fsp3) is 0.118. The normalized spacial score (nSPS) is 13.0. The van der Waals surface area contributed by atoms with Crippen molar-refractivity contribution >= 4 is 22.9 Å². The molecular formula is C17H13N3OS. The number of nitrogens with one attached hydrogen (secondary N) is 1. The molecule has 1 amide bonds. The van der Waals surface area contributed by atoms with Gasteiger partial charge in [-0.25, -0.2) is 4.98 Å². The standard InChI is InChI=1S/C17H13N3OS/c1-10-16(20-17(22-10)14-4-2-3-7-18-14)11-5-6-13-12(8-11)9-15(21)19-13/h2-8H,9H2,1H3,(H,19,21). The maximum Gasteiger partial charge on any atom is 0.228 e. The van der Waals surface area contributed by atoms with E-state index in [2.05, 4.69) is 23.3 Å². The highest BCUT2D eigenvalue weighted by atomic mass is 32.1. The Morgan fingerprint density at radius 3 is 2.95 bits per heavy atom. The molecule has 0 saturated carbocycles. The lowest BCUT2D eigenvalue weighted by molar-refractivity contribution is -0.115. The van der Waals surface area contributed by atoms with Crippen LogP contribution in [-0.4, -0.2) is 15.9 Å². The van der Waals surface area contributed by atoms with Crippen molar-refractivity contribution in [2.24, 2.45) is 0 Å². The predicted octanol–water partition coefficient (Wildman–Crippen LogP) is 3.68. The molecular weight excluding hydrogens is 294 g/mol. The highest BCUT2D eigenvalue weighted by Crippen LogP contribution is 2.35. The van der Waals surface area contributed by atoms with Gasteiger partial charge < -0.3 is 5.32 Å². The number of carbonyl (C=O) groups excluding carboxylic acids is 1. The fourth-order valence-electron chi connectivity index (χ4n) is 2.64. The fourth-order valence-corrected chi connectivity index (χ4v) is 3.55. The van der Waals surface area contributed by atoms with Crippen molar-refractivity contribution < 1.29 is 4.79 Å². The molecule has 108 valence electrons. The maximum atomic E-state index is 11.5. The minimum absolute atomic E-state index is 0.0522. The number of nitrogens with zero attached hydrogens (tertiary/aromatic N) is 2. The summed E-state index contributed by atoms with van der Waals surface area (Å²) in [6, 6.07) is 11.8. The molecule has 22 heavy (non-hydrogen) atoms. The first-order chi connectivity index (χ1) is 10.7. The van der Waals surface area contributed by atoms with Gasteiger partial charge >= 0.3 is 0 Å². The number of fused-ring (bicyclic) bond motifs is 1. The molecule has 4 rings (SSSR count). The molecule has 0 saturated heterocycles. The van der Waals surface area contributed by atoms with Crippen LogP contribution in [-0.2, 0) is 11.2 Å². The van der Waals surface area contributed by atoms with Crippen LogP contribution in [0.25, 0.3) is 22.0 Å². The zero-order chi connectivity index (χ0) is 15.1. The lowest BCUT2D eigenvalue weighted by Gasteiger charge is -2.02. The van der Waals surface area contributed by atoms with Crippen molar-refractivity contribution in [3.8, 4) is 22.0 Å². The van der Waals surface area contributed by atoms with Crippen LogP contribution in [0.15, 0.2) is 42.6 Å². The number of rotatable bonds is 2. The monoisotopic (exact) mass is 307 g/mol. The molecule has 0 atom stereocenters. The summed E-state index contributed by atoms with van der Waals surface area (Å²) >= 11 is 1.64. The number of benzene rings is 1. The minimum Gasteiger partial charge on any atom is -0.326 e. The van der Waals surface area contributed by atoms with Gasteiger partial charge in [-0.05, 0) is 36.8 Å². The summed E-state index contributed by atoms with van der Waals surface area (Å²) in [5, 5.41) is 3.77. The number of thiazole rings is 1. The first-order valence-electron chi connectivity index (χ1n) is 7.03. The van der Waals surface area contributed by atoms with Gasteiger partial charge in [0.05, 0.1) is 17.8 Å². The van der Waals surface area contributed by atoms with Crippen LogP contribution in [0.4, 0.5) is 5.69 Å². The van der Waals surface area contributed by atoms with Gasteiger partial charge in [0.2, 0.25) is 5.91 Å². The zero-order valence-electron chi connectivity index (χ0n) is 12.0. The number of pyridine rings is 1. The second kappa shape index (κ2) is 5.03. The molecule has 2 aromatic heterocycles. The lowest BCUT2D eigenvalue weighted by Crippen LogP contribution is -2.03. The molecule has 5 heteroatoms. The largest absolute Gasteiger partial charge is 0.326 e. The van der Waals surface area contributed by atoms with E-state index < -0.39 is 0 Å². The summed E-state index contributed by atoms with van der Waals surface area (Å²) in [5.41, 5.74) is 4.85. The van der Waals surface area contributed by atoms with Crippen molar-refractivity contribution in [2.45, 2.75) is 13.3 Å². The van der Waals surface area contributed by atoms with Crippen LogP contribution in [0, 0.1) is 6.92 Å². The second-order valence-corrected chi connectivity index (χ2v) is 6.44. The third kappa shape index (κ3) is 2.19. The minimum atomic E-state index is 0.0522. The van der Waals surface area contributed by atoms with Crippen LogP contribution in [0.2, 0.25) is 0 Å². The molecule has 3 heterocycles. The predicted molar refractivity (Wildman–Crippen MR) is 87.9 cm³/mol. The summed E-state index contributed by atoms with van der Waals surface area (Å²) in [6.07, 6.45) is 2.22. The number of anilines is 1. The summed E-state index contributed by atoms with van der Waals surface area (Å²) in [4.78, 5) is 21.7. The molecule has 0 radical (unpaired) electrons. The van der Waals surface area contributed by atoms with Gasteiger partial charge in [0, 0.05) is 22.3 Å². The van der Waals surface area contributed by atoms with E-state index in [1.807, 2.05) is 30.3 Å². The molecule has 0 spiro atoms. The van der Waals surface area contributed by atoms with Crippen molar-refractivity contribution in [3.63, 3.8) is 0 Å². The van der Waals surface area contributed by atoms with Crippen LogP contribution in [0.1, 0.15) is 10.4 Å². The number of hydrogen-bond donors (Lipinski definition) is 1.